The van der Waals surface area contributed by atoms with Gasteiger partial charge < -0.3 is 29.7 Å². The van der Waals surface area contributed by atoms with Gasteiger partial charge in [-0.15, -0.1) is 0 Å². The molecule has 2 N–H and O–H groups in total. The van der Waals surface area contributed by atoms with Crippen LogP contribution in [0.2, 0.25) is 0 Å². The molecule has 1 aromatic heterocycles. The Bertz CT molecular complexity index is 964. The summed E-state index contributed by atoms with van der Waals surface area (Å²) < 4.78 is 10.7. The summed E-state index contributed by atoms with van der Waals surface area (Å²) in [6, 6.07) is 8.13. The van der Waals surface area contributed by atoms with Gasteiger partial charge in [-0.2, -0.15) is 4.98 Å². The van der Waals surface area contributed by atoms with Crippen LogP contribution in [0.4, 0.5) is 6.01 Å². The summed E-state index contributed by atoms with van der Waals surface area (Å²) in [4.78, 5) is 22.1. The third-order valence-corrected chi connectivity index (χ3v) is 8.05. The second-order valence-electron chi connectivity index (χ2n) is 10.6. The number of hydrogen-bond donors (Lipinski definition) is 2. The minimum atomic E-state index is 0.0567. The maximum absolute atomic E-state index is 12.9. The van der Waals surface area contributed by atoms with Crippen molar-refractivity contribution in [3.05, 3.63) is 24.3 Å². The highest BCUT2D eigenvalue weighted by Gasteiger charge is 2.29. The number of methoxy groups -OCH3 is 1. The first-order valence-electron chi connectivity index (χ1n) is 13.6. The van der Waals surface area contributed by atoms with Crippen molar-refractivity contribution in [3.8, 4) is 17.1 Å². The molecule has 3 aliphatic rings. The second kappa shape index (κ2) is 12.1. The normalized spacial score (nSPS) is 24.0. The maximum atomic E-state index is 12.9. The molecule has 5 rings (SSSR count). The van der Waals surface area contributed by atoms with Gasteiger partial charge in [0.1, 0.15) is 5.75 Å². The summed E-state index contributed by atoms with van der Waals surface area (Å²) in [6.45, 7) is 8.14. The quantitative estimate of drug-likeness (QED) is 0.576. The van der Waals surface area contributed by atoms with Crippen LogP contribution in [-0.2, 0) is 4.79 Å². The largest absolute Gasteiger partial charge is 0.497 e. The Morgan fingerprint density at radius 2 is 1.92 bits per heavy atom. The summed E-state index contributed by atoms with van der Waals surface area (Å²) in [5, 5.41) is 10.9. The van der Waals surface area contributed by atoms with Crippen molar-refractivity contribution in [3.63, 3.8) is 0 Å². The van der Waals surface area contributed by atoms with E-state index in [1.54, 1.807) is 7.11 Å². The molecule has 196 valence electrons. The first-order chi connectivity index (χ1) is 17.7. The molecule has 9 nitrogen and oxygen atoms in total. The van der Waals surface area contributed by atoms with E-state index in [1.165, 1.54) is 45.3 Å². The lowest BCUT2D eigenvalue weighted by Crippen LogP contribution is -2.42. The number of carbonyl (C=O) groups excluding carboxylic acids is 1. The number of amides is 1. The van der Waals surface area contributed by atoms with Crippen molar-refractivity contribution in [1.82, 2.24) is 25.7 Å². The Morgan fingerprint density at radius 3 is 2.72 bits per heavy atom. The van der Waals surface area contributed by atoms with Gasteiger partial charge in [0.25, 0.3) is 0 Å². The number of piperidine rings is 1. The molecule has 1 amide bonds. The minimum Gasteiger partial charge on any atom is -0.497 e. The van der Waals surface area contributed by atoms with Crippen LogP contribution < -0.4 is 20.3 Å². The SMILES string of the molecule is COc1ccc(-c2noc(N3CCC(C(=O)NCC4CCN(CC5CCCNCC5)C4)CC3)n2)cc1. The molecule has 4 heterocycles. The van der Waals surface area contributed by atoms with Crippen LogP contribution in [0.15, 0.2) is 28.8 Å². The molecule has 0 aliphatic carbocycles. The van der Waals surface area contributed by atoms with E-state index in [4.69, 9.17) is 9.26 Å². The van der Waals surface area contributed by atoms with Gasteiger partial charge in [0.2, 0.25) is 11.7 Å². The van der Waals surface area contributed by atoms with Crippen LogP contribution >= 0.6 is 0 Å². The fraction of sp³-hybridized carbons (Fsp3) is 0.667. The predicted molar refractivity (Wildman–Crippen MR) is 139 cm³/mol. The Morgan fingerprint density at radius 1 is 1.08 bits per heavy atom. The molecule has 0 saturated carbocycles. The van der Waals surface area contributed by atoms with E-state index in [1.807, 2.05) is 24.3 Å². The number of benzene rings is 1. The molecule has 36 heavy (non-hydrogen) atoms. The molecule has 0 radical (unpaired) electrons. The number of anilines is 1. The minimum absolute atomic E-state index is 0.0567. The van der Waals surface area contributed by atoms with Gasteiger partial charge in [-0.25, -0.2) is 0 Å². The number of nitrogens with one attached hydrogen (secondary N) is 2. The Hall–Kier alpha value is -2.65. The van der Waals surface area contributed by atoms with Crippen molar-refractivity contribution in [2.75, 3.05) is 64.4 Å². The number of aromatic nitrogens is 2. The molecule has 0 bridgehead atoms. The smallest absolute Gasteiger partial charge is 0.324 e. The molecule has 2 atom stereocenters. The highest BCUT2D eigenvalue weighted by atomic mass is 16.5. The number of ether oxygens (including phenoxy) is 1. The lowest BCUT2D eigenvalue weighted by atomic mass is 9.96. The Labute approximate surface area is 213 Å². The van der Waals surface area contributed by atoms with Crippen molar-refractivity contribution in [1.29, 1.82) is 0 Å². The van der Waals surface area contributed by atoms with Crippen LogP contribution in [0.3, 0.4) is 0 Å². The fourth-order valence-corrected chi connectivity index (χ4v) is 5.81. The summed E-state index contributed by atoms with van der Waals surface area (Å²) in [6.07, 6.45) is 6.74. The van der Waals surface area contributed by atoms with Gasteiger partial charge in [-0.05, 0) is 94.3 Å². The van der Waals surface area contributed by atoms with Gasteiger partial charge in [0.05, 0.1) is 7.11 Å². The van der Waals surface area contributed by atoms with Gasteiger partial charge in [-0.3, -0.25) is 4.79 Å². The van der Waals surface area contributed by atoms with Crippen LogP contribution in [0, 0.1) is 17.8 Å². The fourth-order valence-electron chi connectivity index (χ4n) is 5.81. The van der Waals surface area contributed by atoms with Crippen molar-refractivity contribution in [2.45, 2.75) is 38.5 Å². The lowest BCUT2D eigenvalue weighted by molar-refractivity contribution is -0.125. The monoisotopic (exact) mass is 496 g/mol. The van der Waals surface area contributed by atoms with E-state index in [-0.39, 0.29) is 11.8 Å². The third-order valence-electron chi connectivity index (χ3n) is 8.05. The van der Waals surface area contributed by atoms with E-state index in [2.05, 4.69) is 30.6 Å². The zero-order valence-electron chi connectivity index (χ0n) is 21.5. The number of hydrogen-bond acceptors (Lipinski definition) is 8. The van der Waals surface area contributed by atoms with E-state index in [0.717, 1.165) is 62.8 Å². The van der Waals surface area contributed by atoms with Crippen LogP contribution in [-0.4, -0.2) is 80.4 Å². The third kappa shape index (κ3) is 6.37. The first kappa shape index (κ1) is 25.0. The van der Waals surface area contributed by atoms with E-state index in [0.29, 0.717) is 17.8 Å². The molecule has 9 heteroatoms. The van der Waals surface area contributed by atoms with E-state index >= 15 is 0 Å². The number of nitrogens with zero attached hydrogens (tertiary/aromatic N) is 4. The van der Waals surface area contributed by atoms with Crippen LogP contribution in [0.1, 0.15) is 38.5 Å². The number of rotatable bonds is 8. The molecule has 1 aromatic carbocycles. The van der Waals surface area contributed by atoms with Crippen LogP contribution in [0.5, 0.6) is 5.75 Å². The molecule has 0 spiro atoms. The highest BCUT2D eigenvalue weighted by molar-refractivity contribution is 5.79. The number of likely N-dealkylation sites (tertiary alicyclic amines) is 1. The topological polar surface area (TPSA) is 95.8 Å². The summed E-state index contributed by atoms with van der Waals surface area (Å²) in [5.74, 6) is 3.01. The summed E-state index contributed by atoms with van der Waals surface area (Å²) in [5.41, 5.74) is 0.886. The van der Waals surface area contributed by atoms with E-state index in [9.17, 15) is 4.79 Å². The molecule has 3 saturated heterocycles. The van der Waals surface area contributed by atoms with Crippen molar-refractivity contribution < 1.29 is 14.1 Å². The van der Waals surface area contributed by atoms with Crippen molar-refractivity contribution >= 4 is 11.9 Å². The van der Waals surface area contributed by atoms with E-state index < -0.39 is 0 Å². The Balaban J connectivity index is 1.03. The van der Waals surface area contributed by atoms with Crippen molar-refractivity contribution in [2.24, 2.45) is 17.8 Å². The molecule has 3 aliphatic heterocycles. The van der Waals surface area contributed by atoms with Gasteiger partial charge in [0, 0.05) is 44.2 Å². The zero-order valence-corrected chi connectivity index (χ0v) is 21.5. The predicted octanol–water partition coefficient (Wildman–Crippen LogP) is 2.79. The summed E-state index contributed by atoms with van der Waals surface area (Å²) in [7, 11) is 1.64. The average molecular weight is 497 g/mol. The van der Waals surface area contributed by atoms with Crippen LogP contribution in [0.25, 0.3) is 11.4 Å². The van der Waals surface area contributed by atoms with Gasteiger partial charge >= 0.3 is 6.01 Å². The average Bonchev–Trinajstić information content (AvgIpc) is 3.52. The molecular weight excluding hydrogens is 456 g/mol. The highest BCUT2D eigenvalue weighted by Crippen LogP contribution is 2.26. The van der Waals surface area contributed by atoms with Gasteiger partial charge in [-0.1, -0.05) is 5.16 Å². The van der Waals surface area contributed by atoms with Gasteiger partial charge in [0.15, 0.2) is 0 Å². The first-order valence-corrected chi connectivity index (χ1v) is 13.6. The molecule has 2 unspecified atom stereocenters. The molecular formula is C27H40N6O3. The lowest BCUT2D eigenvalue weighted by Gasteiger charge is -2.30. The Kier molecular flexibility index (Phi) is 8.38. The summed E-state index contributed by atoms with van der Waals surface area (Å²) >= 11 is 0. The zero-order chi connectivity index (χ0) is 24.7. The standard InChI is InChI=1S/C27H40N6O3/c1-35-24-6-4-22(5-7-24)25-30-27(36-31-25)33-15-10-23(11-16-33)26(34)29-17-21-9-14-32(19-21)18-20-3-2-12-28-13-8-20/h4-7,20-21,23,28H,2-3,8-19H2,1H3,(H,29,34). The number of carbonyl (C=O) groups is 1. The maximum Gasteiger partial charge on any atom is 0.324 e. The molecule has 3 fully saturated rings. The second-order valence-corrected chi connectivity index (χ2v) is 10.6. The molecule has 2 aromatic rings.